The second kappa shape index (κ2) is 5.87. The molecule has 0 heterocycles. The highest BCUT2D eigenvalue weighted by atomic mass is 16.2. The van der Waals surface area contributed by atoms with Crippen LogP contribution in [0.25, 0.3) is 0 Å². The fraction of sp³-hybridized carbons (Fsp3) is 0.833. The Morgan fingerprint density at radius 1 is 1.44 bits per heavy atom. The lowest BCUT2D eigenvalue weighted by Gasteiger charge is -2.20. The van der Waals surface area contributed by atoms with Crippen molar-refractivity contribution in [2.45, 2.75) is 58.5 Å². The summed E-state index contributed by atoms with van der Waals surface area (Å²) in [5, 5.41) is 2.91. The molecule has 92 valence electrons. The minimum Gasteiger partial charge on any atom is -0.354 e. The topological polar surface area (TPSA) is 49.4 Å². The van der Waals surface area contributed by atoms with Crippen LogP contribution in [-0.4, -0.2) is 35.3 Å². The number of rotatable bonds is 6. The van der Waals surface area contributed by atoms with Crippen LogP contribution < -0.4 is 5.32 Å². The fourth-order valence-corrected chi connectivity index (χ4v) is 1.65. The first kappa shape index (κ1) is 13.0. The predicted molar refractivity (Wildman–Crippen MR) is 62.9 cm³/mol. The van der Waals surface area contributed by atoms with Gasteiger partial charge in [0.25, 0.3) is 0 Å². The second-order valence-electron chi connectivity index (χ2n) is 4.57. The summed E-state index contributed by atoms with van der Waals surface area (Å²) in [6.07, 6.45) is 3.53. The third-order valence-corrected chi connectivity index (χ3v) is 2.99. The highest BCUT2D eigenvalue weighted by Crippen LogP contribution is 2.26. The number of hydrogen-bond acceptors (Lipinski definition) is 2. The van der Waals surface area contributed by atoms with E-state index < -0.39 is 0 Å². The van der Waals surface area contributed by atoms with E-state index >= 15 is 0 Å². The molecule has 4 heteroatoms. The van der Waals surface area contributed by atoms with E-state index in [0.29, 0.717) is 19.0 Å². The van der Waals surface area contributed by atoms with Crippen LogP contribution in [0.2, 0.25) is 0 Å². The Hall–Kier alpha value is -1.06. The van der Waals surface area contributed by atoms with Crippen molar-refractivity contribution in [2.24, 2.45) is 0 Å². The normalized spacial score (nSPS) is 16.7. The molecule has 4 nitrogen and oxygen atoms in total. The van der Waals surface area contributed by atoms with E-state index in [1.165, 1.54) is 0 Å². The molecule has 1 saturated carbocycles. The molecule has 0 spiro atoms. The molecular formula is C12H22N2O2. The van der Waals surface area contributed by atoms with Gasteiger partial charge in [-0.05, 0) is 26.2 Å². The summed E-state index contributed by atoms with van der Waals surface area (Å²) >= 11 is 0. The van der Waals surface area contributed by atoms with Crippen LogP contribution in [0, 0.1) is 0 Å². The lowest BCUT2D eigenvalue weighted by atomic mass is 10.2. The molecule has 0 bridgehead atoms. The zero-order valence-corrected chi connectivity index (χ0v) is 10.5. The van der Waals surface area contributed by atoms with Gasteiger partial charge in [0.2, 0.25) is 11.8 Å². The molecule has 1 aliphatic rings. The Morgan fingerprint density at radius 3 is 2.50 bits per heavy atom. The van der Waals surface area contributed by atoms with E-state index in [4.69, 9.17) is 0 Å². The smallest absolute Gasteiger partial charge is 0.221 e. The molecule has 0 radical (unpaired) electrons. The zero-order chi connectivity index (χ0) is 12.1. The van der Waals surface area contributed by atoms with Crippen molar-refractivity contribution in [1.29, 1.82) is 0 Å². The van der Waals surface area contributed by atoms with Crippen molar-refractivity contribution in [3.8, 4) is 0 Å². The van der Waals surface area contributed by atoms with E-state index in [1.807, 2.05) is 18.7 Å². The maximum absolute atomic E-state index is 11.5. The minimum atomic E-state index is 0.0428. The first-order valence-electron chi connectivity index (χ1n) is 6.11. The number of hydrogen-bond donors (Lipinski definition) is 1. The highest BCUT2D eigenvalue weighted by Gasteiger charge is 2.30. The summed E-state index contributed by atoms with van der Waals surface area (Å²) in [7, 11) is 0. The van der Waals surface area contributed by atoms with Gasteiger partial charge in [-0.1, -0.05) is 6.92 Å². The van der Waals surface area contributed by atoms with Gasteiger partial charge in [0.05, 0.1) is 0 Å². The molecule has 1 N–H and O–H groups in total. The summed E-state index contributed by atoms with van der Waals surface area (Å²) in [6, 6.07) is 0.619. The van der Waals surface area contributed by atoms with Crippen LogP contribution in [0.3, 0.4) is 0 Å². The zero-order valence-electron chi connectivity index (χ0n) is 10.5. The van der Waals surface area contributed by atoms with Gasteiger partial charge in [-0.3, -0.25) is 9.59 Å². The maximum atomic E-state index is 11.5. The molecule has 0 saturated heterocycles. The van der Waals surface area contributed by atoms with Crippen LogP contribution in [0.1, 0.15) is 46.5 Å². The Kier molecular flexibility index (Phi) is 4.77. The van der Waals surface area contributed by atoms with Crippen molar-refractivity contribution in [3.63, 3.8) is 0 Å². The van der Waals surface area contributed by atoms with Gasteiger partial charge < -0.3 is 10.2 Å². The monoisotopic (exact) mass is 226 g/mol. The molecule has 16 heavy (non-hydrogen) atoms. The fourth-order valence-electron chi connectivity index (χ4n) is 1.65. The van der Waals surface area contributed by atoms with Gasteiger partial charge in [-0.25, -0.2) is 0 Å². The maximum Gasteiger partial charge on any atom is 0.221 e. The molecule has 1 rings (SSSR count). The molecule has 2 amide bonds. The average molecular weight is 226 g/mol. The van der Waals surface area contributed by atoms with Gasteiger partial charge in [0.1, 0.15) is 0 Å². The van der Waals surface area contributed by atoms with Crippen molar-refractivity contribution >= 4 is 11.8 Å². The van der Waals surface area contributed by atoms with Crippen LogP contribution >= 0.6 is 0 Å². The van der Waals surface area contributed by atoms with Gasteiger partial charge in [-0.2, -0.15) is 0 Å². The Bertz CT molecular complexity index is 262. The van der Waals surface area contributed by atoms with Crippen LogP contribution in [0.4, 0.5) is 0 Å². The molecule has 1 fully saturated rings. The number of nitrogens with one attached hydrogen (secondary N) is 1. The van der Waals surface area contributed by atoms with Crippen LogP contribution in [-0.2, 0) is 9.59 Å². The lowest BCUT2D eigenvalue weighted by molar-refractivity contribution is -0.130. The van der Waals surface area contributed by atoms with Gasteiger partial charge >= 0.3 is 0 Å². The lowest BCUT2D eigenvalue weighted by Crippen LogP contribution is -2.37. The summed E-state index contributed by atoms with van der Waals surface area (Å²) < 4.78 is 0. The molecule has 1 unspecified atom stereocenters. The molecule has 0 aromatic rings. The SMILES string of the molecule is CCC(C)NC(=O)CCN(C(C)=O)C1CC1. The van der Waals surface area contributed by atoms with Crippen molar-refractivity contribution in [1.82, 2.24) is 10.2 Å². The third-order valence-electron chi connectivity index (χ3n) is 2.99. The Balaban J connectivity index is 2.26. The van der Waals surface area contributed by atoms with Crippen molar-refractivity contribution in [2.75, 3.05) is 6.54 Å². The number of amides is 2. The third kappa shape index (κ3) is 4.21. The quantitative estimate of drug-likeness (QED) is 0.742. The van der Waals surface area contributed by atoms with Gasteiger partial charge in [0, 0.05) is 32.0 Å². The first-order chi connectivity index (χ1) is 7.54. The number of nitrogens with zero attached hydrogens (tertiary/aromatic N) is 1. The average Bonchev–Trinajstić information content (AvgIpc) is 3.01. The number of carbonyl (C=O) groups excluding carboxylic acids is 2. The van der Waals surface area contributed by atoms with Crippen LogP contribution in [0.5, 0.6) is 0 Å². The summed E-state index contributed by atoms with van der Waals surface area (Å²) in [5.74, 6) is 0.125. The molecule has 1 aliphatic carbocycles. The van der Waals surface area contributed by atoms with E-state index in [-0.39, 0.29) is 17.9 Å². The Labute approximate surface area is 97.4 Å². The van der Waals surface area contributed by atoms with Gasteiger partial charge in [0.15, 0.2) is 0 Å². The highest BCUT2D eigenvalue weighted by molar-refractivity contribution is 5.78. The second-order valence-corrected chi connectivity index (χ2v) is 4.57. The predicted octanol–water partition coefficient (Wildman–Crippen LogP) is 1.30. The summed E-state index contributed by atoms with van der Waals surface area (Å²) in [4.78, 5) is 24.7. The molecule has 1 atom stereocenters. The molecule has 0 aliphatic heterocycles. The van der Waals surface area contributed by atoms with E-state index in [2.05, 4.69) is 5.32 Å². The Morgan fingerprint density at radius 2 is 2.06 bits per heavy atom. The number of carbonyl (C=O) groups is 2. The summed E-state index contributed by atoms with van der Waals surface area (Å²) in [6.45, 7) is 6.16. The summed E-state index contributed by atoms with van der Waals surface area (Å²) in [5.41, 5.74) is 0. The largest absolute Gasteiger partial charge is 0.354 e. The van der Waals surface area contributed by atoms with Crippen LogP contribution in [0.15, 0.2) is 0 Å². The van der Waals surface area contributed by atoms with Crippen molar-refractivity contribution in [3.05, 3.63) is 0 Å². The van der Waals surface area contributed by atoms with E-state index in [9.17, 15) is 9.59 Å². The first-order valence-corrected chi connectivity index (χ1v) is 6.11. The van der Waals surface area contributed by atoms with Crippen molar-refractivity contribution < 1.29 is 9.59 Å². The molecule has 0 aromatic carbocycles. The standard InChI is InChI=1S/C12H22N2O2/c1-4-9(2)13-12(16)7-8-14(10(3)15)11-5-6-11/h9,11H,4-8H2,1-3H3,(H,13,16). The van der Waals surface area contributed by atoms with Gasteiger partial charge in [-0.15, -0.1) is 0 Å². The minimum absolute atomic E-state index is 0.0428. The van der Waals surface area contributed by atoms with E-state index in [0.717, 1.165) is 19.3 Å². The molecular weight excluding hydrogens is 204 g/mol. The van der Waals surface area contributed by atoms with E-state index in [1.54, 1.807) is 6.92 Å². The molecule has 0 aromatic heterocycles.